The Morgan fingerprint density at radius 2 is 1.83 bits per heavy atom. The third kappa shape index (κ3) is 9.43. The highest BCUT2D eigenvalue weighted by Crippen LogP contribution is 2.31. The number of carbonyl (C=O) groups excluding carboxylic acids is 1. The van der Waals surface area contributed by atoms with Crippen LogP contribution in [0.5, 0.6) is 5.75 Å². The molecule has 0 spiro atoms. The Labute approximate surface area is 266 Å². The number of rotatable bonds is 8. The van der Waals surface area contributed by atoms with Gasteiger partial charge in [0.25, 0.3) is 0 Å². The Bertz CT molecular complexity index is 1750. The monoisotopic (exact) mass is 664 g/mol. The summed E-state index contributed by atoms with van der Waals surface area (Å²) in [6.45, 7) is 6.83. The van der Waals surface area contributed by atoms with Crippen molar-refractivity contribution in [1.82, 2.24) is 14.3 Å². The molecule has 11 nitrogen and oxygen atoms in total. The lowest BCUT2D eigenvalue weighted by Gasteiger charge is -2.30. The lowest BCUT2D eigenvalue weighted by Crippen LogP contribution is -2.36. The van der Waals surface area contributed by atoms with E-state index in [9.17, 15) is 26.4 Å². The van der Waals surface area contributed by atoms with Gasteiger partial charge in [-0.1, -0.05) is 5.92 Å². The van der Waals surface area contributed by atoms with Gasteiger partial charge in [-0.2, -0.15) is 13.2 Å². The number of nitrogens with one attached hydrogen (secondary N) is 3. The number of pyridine rings is 1. The summed E-state index contributed by atoms with van der Waals surface area (Å²) >= 11 is 0. The predicted octanol–water partition coefficient (Wildman–Crippen LogP) is 5.17. The van der Waals surface area contributed by atoms with Crippen LogP contribution in [0.2, 0.25) is 0 Å². The number of hydrogen-bond donors (Lipinski definition) is 3. The van der Waals surface area contributed by atoms with E-state index in [0.717, 1.165) is 32.2 Å². The lowest BCUT2D eigenvalue weighted by atomic mass is 10.1. The topological polar surface area (TPSA) is 126 Å². The van der Waals surface area contributed by atoms with E-state index in [1.54, 1.807) is 26.8 Å². The number of piperidine rings is 1. The normalized spacial score (nSPS) is 14.8. The van der Waals surface area contributed by atoms with E-state index in [-0.39, 0.29) is 46.0 Å². The smallest absolute Gasteiger partial charge is 0.412 e. The minimum absolute atomic E-state index is 0.0000594. The van der Waals surface area contributed by atoms with Gasteiger partial charge in [-0.15, -0.1) is 0 Å². The molecule has 3 N–H and O–H groups in total. The van der Waals surface area contributed by atoms with Crippen LogP contribution in [0.25, 0.3) is 5.65 Å². The van der Waals surface area contributed by atoms with Crippen LogP contribution in [0.15, 0.2) is 35.4 Å². The second kappa shape index (κ2) is 13.7. The van der Waals surface area contributed by atoms with Gasteiger partial charge in [0.15, 0.2) is 15.5 Å². The van der Waals surface area contributed by atoms with Crippen LogP contribution in [-0.4, -0.2) is 86.7 Å². The number of imidazole rings is 1. The zero-order valence-electron chi connectivity index (χ0n) is 26.6. The van der Waals surface area contributed by atoms with E-state index in [1.807, 2.05) is 7.05 Å². The number of amides is 1. The van der Waals surface area contributed by atoms with E-state index in [0.29, 0.717) is 11.4 Å². The van der Waals surface area contributed by atoms with Crippen LogP contribution in [0.3, 0.4) is 0 Å². The van der Waals surface area contributed by atoms with Gasteiger partial charge < -0.3 is 25.0 Å². The number of likely N-dealkylation sites (tertiary alicyclic amines) is 1. The van der Waals surface area contributed by atoms with Crippen molar-refractivity contribution in [3.63, 3.8) is 0 Å². The van der Waals surface area contributed by atoms with E-state index in [4.69, 9.17) is 9.47 Å². The van der Waals surface area contributed by atoms with E-state index < -0.39 is 34.1 Å². The van der Waals surface area contributed by atoms with Crippen LogP contribution in [0.1, 0.15) is 45.0 Å². The van der Waals surface area contributed by atoms with Gasteiger partial charge in [-0.05, 0) is 77.9 Å². The Morgan fingerprint density at radius 1 is 1.13 bits per heavy atom. The number of alkyl halides is 3. The fourth-order valence-electron chi connectivity index (χ4n) is 4.93. The average molecular weight is 665 g/mol. The molecule has 2 aromatic heterocycles. The minimum Gasteiger partial charge on any atom is -0.495 e. The maximum atomic E-state index is 13.9. The number of benzene rings is 1. The first kappa shape index (κ1) is 34.7. The molecular weight excluding hydrogens is 625 g/mol. The van der Waals surface area contributed by atoms with Gasteiger partial charge in [0.1, 0.15) is 17.0 Å². The second-order valence-corrected chi connectivity index (χ2v) is 14.2. The summed E-state index contributed by atoms with van der Waals surface area (Å²) in [5.41, 5.74) is 0.331. The van der Waals surface area contributed by atoms with E-state index in [1.165, 1.54) is 35.9 Å². The molecule has 0 unspecified atom stereocenters. The molecule has 0 aliphatic carbocycles. The number of sulfone groups is 1. The molecule has 1 amide bonds. The number of aromatic nitrogens is 2. The third-order valence-corrected chi connectivity index (χ3v) is 8.20. The zero-order valence-corrected chi connectivity index (χ0v) is 27.4. The summed E-state index contributed by atoms with van der Waals surface area (Å²) in [5.74, 6) is 5.86. The second-order valence-electron chi connectivity index (χ2n) is 12.2. The first-order valence-corrected chi connectivity index (χ1v) is 16.5. The van der Waals surface area contributed by atoms with Crippen molar-refractivity contribution in [1.29, 1.82) is 0 Å². The van der Waals surface area contributed by atoms with Crippen LogP contribution in [-0.2, 0) is 21.0 Å². The Morgan fingerprint density at radius 3 is 2.43 bits per heavy atom. The number of fused-ring (bicyclic) bond motifs is 1. The molecule has 15 heteroatoms. The van der Waals surface area contributed by atoms with Gasteiger partial charge in [0.2, 0.25) is 0 Å². The van der Waals surface area contributed by atoms with Gasteiger partial charge in [-0.3, -0.25) is 9.72 Å². The number of ether oxygens (including phenoxy) is 2. The summed E-state index contributed by atoms with van der Waals surface area (Å²) in [4.78, 5) is 19.4. The molecule has 0 atom stereocenters. The molecule has 1 aliphatic rings. The molecule has 3 aromatic rings. The van der Waals surface area contributed by atoms with E-state index >= 15 is 0 Å². The number of anilines is 3. The highest BCUT2D eigenvalue weighted by Gasteiger charge is 2.32. The van der Waals surface area contributed by atoms with E-state index in [2.05, 4.69) is 37.7 Å². The van der Waals surface area contributed by atoms with Gasteiger partial charge in [-0.25, -0.2) is 18.2 Å². The first-order chi connectivity index (χ1) is 21.4. The zero-order chi connectivity index (χ0) is 33.9. The molecular formula is C31H39F3N6O5S. The van der Waals surface area contributed by atoms with Crippen LogP contribution in [0.4, 0.5) is 35.0 Å². The lowest BCUT2D eigenvalue weighted by molar-refractivity contribution is -0.128. The molecule has 1 aliphatic heterocycles. The molecule has 1 fully saturated rings. The summed E-state index contributed by atoms with van der Waals surface area (Å²) < 4.78 is 77.4. The molecule has 46 heavy (non-hydrogen) atoms. The summed E-state index contributed by atoms with van der Waals surface area (Å²) in [6, 6.07) is 5.99. The van der Waals surface area contributed by atoms with Crippen LogP contribution >= 0.6 is 0 Å². The SMILES string of the molecule is COc1cc(S(C)(=O)=O)ccc1NCC#Cc1nc2c(NC3CCN(C)CC3)cc(NC(=O)OC(C)(C)C)cn2c1CC(F)(F)F. The van der Waals surface area contributed by atoms with Crippen molar-refractivity contribution in [2.24, 2.45) is 0 Å². The molecule has 4 rings (SSSR count). The first-order valence-electron chi connectivity index (χ1n) is 14.6. The fraction of sp³-hybridized carbons (Fsp3) is 0.484. The molecule has 0 saturated carbocycles. The number of carbonyl (C=O) groups is 1. The standard InChI is InChI=1S/C31H39F3N6O5S/c1-30(2,3)45-29(41)37-21-16-25(36-20-11-14-39(4)15-12-20)28-38-23(26(40(28)19-21)18-31(32,33)34)8-7-13-35-24-10-9-22(46(6,42)43)17-27(24)44-5/h9-10,16-17,19-20,35-36H,11-15,18H2,1-6H3,(H,37,41). The molecule has 0 radical (unpaired) electrons. The highest BCUT2D eigenvalue weighted by molar-refractivity contribution is 7.90. The van der Waals surface area contributed by atoms with Crippen molar-refractivity contribution in [2.45, 2.75) is 62.7 Å². The molecule has 1 aromatic carbocycles. The largest absolute Gasteiger partial charge is 0.495 e. The summed E-state index contributed by atoms with van der Waals surface area (Å²) in [6.07, 6.45) is -2.54. The summed E-state index contributed by atoms with van der Waals surface area (Å²) in [5, 5.41) is 9.06. The van der Waals surface area contributed by atoms with Crippen LogP contribution in [0, 0.1) is 11.8 Å². The predicted molar refractivity (Wildman–Crippen MR) is 170 cm³/mol. The van der Waals surface area contributed by atoms with Crippen molar-refractivity contribution in [2.75, 3.05) is 56.0 Å². The molecule has 0 bridgehead atoms. The fourth-order valence-corrected chi connectivity index (χ4v) is 5.57. The van der Waals surface area contributed by atoms with Crippen molar-refractivity contribution < 1.29 is 35.9 Å². The number of methoxy groups -OCH3 is 1. The number of hydrogen-bond acceptors (Lipinski definition) is 9. The Hall–Kier alpha value is -4.16. The van der Waals surface area contributed by atoms with Gasteiger partial charge >= 0.3 is 12.3 Å². The van der Waals surface area contributed by atoms with Gasteiger partial charge in [0, 0.05) is 24.6 Å². The van der Waals surface area contributed by atoms with Crippen molar-refractivity contribution >= 4 is 38.6 Å². The van der Waals surface area contributed by atoms with Crippen molar-refractivity contribution in [3.05, 3.63) is 41.9 Å². The average Bonchev–Trinajstić information content (AvgIpc) is 3.26. The highest BCUT2D eigenvalue weighted by atomic mass is 32.2. The molecule has 3 heterocycles. The maximum absolute atomic E-state index is 13.9. The van der Waals surface area contributed by atoms with Crippen LogP contribution < -0.4 is 20.7 Å². The number of halogens is 3. The Kier molecular flexibility index (Phi) is 10.3. The number of nitrogens with zero attached hydrogens (tertiary/aromatic N) is 3. The third-order valence-electron chi connectivity index (χ3n) is 7.09. The molecule has 1 saturated heterocycles. The molecule has 250 valence electrons. The van der Waals surface area contributed by atoms with Crippen molar-refractivity contribution in [3.8, 4) is 17.6 Å². The quantitative estimate of drug-likeness (QED) is 0.280. The van der Waals surface area contributed by atoms with Gasteiger partial charge in [0.05, 0.1) is 47.7 Å². The Balaban J connectivity index is 1.71. The summed E-state index contributed by atoms with van der Waals surface area (Å²) in [7, 11) is -0.0389. The maximum Gasteiger partial charge on any atom is 0.412 e. The minimum atomic E-state index is -4.57.